The fourth-order valence-corrected chi connectivity index (χ4v) is 1.28. The topological polar surface area (TPSA) is 12.4 Å². The van der Waals surface area contributed by atoms with Crippen molar-refractivity contribution in [2.75, 3.05) is 7.05 Å². The Hall–Kier alpha value is -1.37. The molecule has 0 heterocycles. The third-order valence-corrected chi connectivity index (χ3v) is 2.29. The smallest absolute Gasteiger partial charge is 0.0316 e. The third kappa shape index (κ3) is 2.84. The lowest BCUT2D eigenvalue weighted by Crippen LogP contribution is -1.87. The standard InChI is InChI=1S/C13H17N/c1-10-5-7-13(8-6-10)11(2)9-12(3)14-4/h5-9H,1-4H3/b11-9+,14-12?. The van der Waals surface area contributed by atoms with E-state index in [0.29, 0.717) is 0 Å². The van der Waals surface area contributed by atoms with Crippen LogP contribution in [0.15, 0.2) is 35.3 Å². The van der Waals surface area contributed by atoms with E-state index < -0.39 is 0 Å². The van der Waals surface area contributed by atoms with Gasteiger partial charge in [0.1, 0.15) is 0 Å². The monoisotopic (exact) mass is 187 g/mol. The van der Waals surface area contributed by atoms with Crippen molar-refractivity contribution >= 4 is 11.3 Å². The minimum atomic E-state index is 1.06. The molecule has 0 radical (unpaired) electrons. The summed E-state index contributed by atoms with van der Waals surface area (Å²) >= 11 is 0. The maximum Gasteiger partial charge on any atom is 0.0316 e. The van der Waals surface area contributed by atoms with Crippen LogP contribution in [0.4, 0.5) is 0 Å². The molecule has 0 fully saturated rings. The zero-order chi connectivity index (χ0) is 10.6. The van der Waals surface area contributed by atoms with Crippen LogP contribution in [0.1, 0.15) is 25.0 Å². The summed E-state index contributed by atoms with van der Waals surface area (Å²) in [5.41, 5.74) is 4.87. The van der Waals surface area contributed by atoms with Crippen molar-refractivity contribution in [1.29, 1.82) is 0 Å². The minimum Gasteiger partial charge on any atom is -0.293 e. The van der Waals surface area contributed by atoms with Gasteiger partial charge < -0.3 is 0 Å². The molecule has 0 spiro atoms. The Morgan fingerprint density at radius 2 is 1.71 bits per heavy atom. The second kappa shape index (κ2) is 4.75. The number of aliphatic imine (C=N–C) groups is 1. The lowest BCUT2D eigenvalue weighted by Gasteiger charge is -2.01. The van der Waals surface area contributed by atoms with Crippen LogP contribution >= 0.6 is 0 Å². The van der Waals surface area contributed by atoms with Gasteiger partial charge in [-0.05, 0) is 38.0 Å². The number of benzene rings is 1. The van der Waals surface area contributed by atoms with Crippen molar-refractivity contribution in [2.24, 2.45) is 4.99 Å². The van der Waals surface area contributed by atoms with Crippen molar-refractivity contribution in [3.8, 4) is 0 Å². The van der Waals surface area contributed by atoms with E-state index in [1.54, 1.807) is 0 Å². The molecule has 1 aromatic rings. The van der Waals surface area contributed by atoms with E-state index >= 15 is 0 Å². The normalized spacial score (nSPS) is 13.1. The molecule has 0 aliphatic rings. The van der Waals surface area contributed by atoms with Gasteiger partial charge in [-0.1, -0.05) is 29.8 Å². The molecule has 0 unspecified atom stereocenters. The summed E-state index contributed by atoms with van der Waals surface area (Å²) in [6.45, 7) is 6.22. The van der Waals surface area contributed by atoms with Crippen LogP contribution in [0, 0.1) is 6.92 Å². The minimum absolute atomic E-state index is 1.06. The quantitative estimate of drug-likeness (QED) is 0.628. The Morgan fingerprint density at radius 3 is 2.21 bits per heavy atom. The van der Waals surface area contributed by atoms with Crippen molar-refractivity contribution in [3.63, 3.8) is 0 Å². The molecule has 14 heavy (non-hydrogen) atoms. The van der Waals surface area contributed by atoms with E-state index in [-0.39, 0.29) is 0 Å². The molecule has 1 aromatic carbocycles. The number of nitrogens with zero attached hydrogens (tertiary/aromatic N) is 1. The summed E-state index contributed by atoms with van der Waals surface area (Å²) in [7, 11) is 1.81. The van der Waals surface area contributed by atoms with Gasteiger partial charge in [-0.2, -0.15) is 0 Å². The average molecular weight is 187 g/mol. The van der Waals surface area contributed by atoms with Crippen molar-refractivity contribution in [2.45, 2.75) is 20.8 Å². The van der Waals surface area contributed by atoms with E-state index in [4.69, 9.17) is 0 Å². The Labute approximate surface area is 86.2 Å². The molecule has 0 amide bonds. The van der Waals surface area contributed by atoms with E-state index in [0.717, 1.165) is 5.71 Å². The van der Waals surface area contributed by atoms with Gasteiger partial charge in [0.15, 0.2) is 0 Å². The first-order valence-electron chi connectivity index (χ1n) is 4.82. The molecule has 1 rings (SSSR count). The van der Waals surface area contributed by atoms with Crippen LogP contribution in [-0.2, 0) is 0 Å². The summed E-state index contributed by atoms with van der Waals surface area (Å²) < 4.78 is 0. The molecule has 0 saturated heterocycles. The predicted molar refractivity (Wildman–Crippen MR) is 63.9 cm³/mol. The maximum atomic E-state index is 4.11. The Balaban J connectivity index is 2.95. The van der Waals surface area contributed by atoms with Gasteiger partial charge in [0.05, 0.1) is 0 Å². The summed E-state index contributed by atoms with van der Waals surface area (Å²) in [4.78, 5) is 4.11. The van der Waals surface area contributed by atoms with Crippen LogP contribution < -0.4 is 0 Å². The van der Waals surface area contributed by atoms with Crippen LogP contribution in [0.3, 0.4) is 0 Å². The Kier molecular flexibility index (Phi) is 3.63. The fraction of sp³-hybridized carbons (Fsp3) is 0.308. The largest absolute Gasteiger partial charge is 0.293 e. The molecule has 1 nitrogen and oxygen atoms in total. The van der Waals surface area contributed by atoms with Gasteiger partial charge in [-0.3, -0.25) is 4.99 Å². The molecule has 74 valence electrons. The van der Waals surface area contributed by atoms with Gasteiger partial charge in [-0.15, -0.1) is 0 Å². The summed E-state index contributed by atoms with van der Waals surface area (Å²) in [5, 5.41) is 0. The number of hydrogen-bond donors (Lipinski definition) is 0. The van der Waals surface area contributed by atoms with E-state index in [9.17, 15) is 0 Å². The van der Waals surface area contributed by atoms with Crippen LogP contribution in [0.5, 0.6) is 0 Å². The molecule has 0 aliphatic carbocycles. The highest BCUT2D eigenvalue weighted by atomic mass is 14.7. The summed E-state index contributed by atoms with van der Waals surface area (Å²) in [5.74, 6) is 0. The van der Waals surface area contributed by atoms with Crippen molar-refractivity contribution < 1.29 is 0 Å². The van der Waals surface area contributed by atoms with Gasteiger partial charge in [0.2, 0.25) is 0 Å². The fourth-order valence-electron chi connectivity index (χ4n) is 1.28. The average Bonchev–Trinajstić information content (AvgIpc) is 2.18. The van der Waals surface area contributed by atoms with E-state index in [1.165, 1.54) is 16.7 Å². The summed E-state index contributed by atoms with van der Waals surface area (Å²) in [6.07, 6.45) is 2.10. The second-order valence-electron chi connectivity index (χ2n) is 3.56. The highest BCUT2D eigenvalue weighted by molar-refractivity contribution is 5.98. The molecule has 0 atom stereocenters. The molecule has 0 aromatic heterocycles. The van der Waals surface area contributed by atoms with Crippen LogP contribution in [0.2, 0.25) is 0 Å². The highest BCUT2D eigenvalue weighted by Gasteiger charge is 1.95. The van der Waals surface area contributed by atoms with E-state index in [1.807, 2.05) is 14.0 Å². The molecule has 0 aliphatic heterocycles. The predicted octanol–water partition coefficient (Wildman–Crippen LogP) is 3.49. The van der Waals surface area contributed by atoms with Crippen LogP contribution in [-0.4, -0.2) is 12.8 Å². The summed E-state index contributed by atoms with van der Waals surface area (Å²) in [6, 6.07) is 8.55. The molecular weight excluding hydrogens is 170 g/mol. The number of allylic oxidation sites excluding steroid dienone is 2. The zero-order valence-corrected chi connectivity index (χ0v) is 9.33. The first-order valence-corrected chi connectivity index (χ1v) is 4.82. The maximum absolute atomic E-state index is 4.11. The highest BCUT2D eigenvalue weighted by Crippen LogP contribution is 2.14. The lowest BCUT2D eigenvalue weighted by atomic mass is 10.0. The van der Waals surface area contributed by atoms with E-state index in [2.05, 4.69) is 49.2 Å². The Bertz CT molecular complexity index is 355. The van der Waals surface area contributed by atoms with Gasteiger partial charge >= 0.3 is 0 Å². The zero-order valence-electron chi connectivity index (χ0n) is 9.33. The molecule has 0 N–H and O–H groups in total. The van der Waals surface area contributed by atoms with Crippen molar-refractivity contribution in [3.05, 3.63) is 41.5 Å². The number of aryl methyl sites for hydroxylation is 1. The SMILES string of the molecule is CN=C(C)/C=C(\C)c1ccc(C)cc1. The number of rotatable bonds is 2. The number of hydrogen-bond acceptors (Lipinski definition) is 1. The molecular formula is C13H17N. The van der Waals surface area contributed by atoms with Gasteiger partial charge in [0, 0.05) is 12.8 Å². The first kappa shape index (κ1) is 10.7. The lowest BCUT2D eigenvalue weighted by molar-refractivity contribution is 1.42. The van der Waals surface area contributed by atoms with Gasteiger partial charge in [0.25, 0.3) is 0 Å². The second-order valence-corrected chi connectivity index (χ2v) is 3.56. The Morgan fingerprint density at radius 1 is 1.14 bits per heavy atom. The van der Waals surface area contributed by atoms with Gasteiger partial charge in [-0.25, -0.2) is 0 Å². The molecule has 0 saturated carbocycles. The van der Waals surface area contributed by atoms with Crippen LogP contribution in [0.25, 0.3) is 5.57 Å². The van der Waals surface area contributed by atoms with Crippen molar-refractivity contribution in [1.82, 2.24) is 0 Å². The first-order chi connectivity index (χ1) is 6.63. The molecule has 0 bridgehead atoms. The third-order valence-electron chi connectivity index (χ3n) is 2.29. The molecule has 1 heteroatoms.